The molecule has 0 unspecified atom stereocenters. The zero-order valence-electron chi connectivity index (χ0n) is 13.5. The second-order valence-corrected chi connectivity index (χ2v) is 6.03. The van der Waals surface area contributed by atoms with Crippen LogP contribution in [0.2, 0.25) is 0 Å². The zero-order valence-corrected chi connectivity index (χ0v) is 13.5. The predicted molar refractivity (Wildman–Crippen MR) is 99.9 cm³/mol. The summed E-state index contributed by atoms with van der Waals surface area (Å²) >= 11 is 0. The van der Waals surface area contributed by atoms with Crippen LogP contribution in [0.4, 0.5) is 0 Å². The summed E-state index contributed by atoms with van der Waals surface area (Å²) in [5.41, 5.74) is 3.91. The average molecular weight is 328 g/mol. The third kappa shape index (κ3) is 2.60. The first-order chi connectivity index (χ1) is 12.1. The first-order valence-corrected chi connectivity index (χ1v) is 8.05. The van der Waals surface area contributed by atoms with Crippen LogP contribution < -0.4 is 0 Å². The van der Waals surface area contributed by atoms with Crippen LogP contribution in [0.5, 0.6) is 0 Å². The van der Waals surface area contributed by atoms with E-state index in [1.807, 2.05) is 66.7 Å². The molecule has 1 aromatic heterocycles. The fourth-order valence-electron chi connectivity index (χ4n) is 3.22. The van der Waals surface area contributed by atoms with Gasteiger partial charge in [-0.15, -0.1) is 0 Å². The molecule has 4 rings (SSSR count). The fourth-order valence-corrected chi connectivity index (χ4v) is 3.22. The van der Waals surface area contributed by atoms with Gasteiger partial charge in [0.15, 0.2) is 0 Å². The van der Waals surface area contributed by atoms with Crippen LogP contribution in [0.1, 0.15) is 21.5 Å². The highest BCUT2D eigenvalue weighted by Crippen LogP contribution is 2.33. The largest absolute Gasteiger partial charge is 0.478 e. The summed E-state index contributed by atoms with van der Waals surface area (Å²) in [7, 11) is 0. The van der Waals surface area contributed by atoms with Crippen LogP contribution in [0, 0.1) is 0 Å². The molecule has 0 aliphatic carbocycles. The van der Waals surface area contributed by atoms with Crippen LogP contribution in [-0.4, -0.2) is 11.1 Å². The molecule has 1 heterocycles. The monoisotopic (exact) mass is 328 g/mol. The third-order valence-electron chi connectivity index (χ3n) is 4.43. The van der Waals surface area contributed by atoms with Crippen molar-refractivity contribution >= 4 is 33.5 Å². The molecular formula is C22H16O3. The number of allylic oxidation sites excluding steroid dienone is 1. The van der Waals surface area contributed by atoms with E-state index in [4.69, 9.17) is 4.42 Å². The number of hydrogen-bond acceptors (Lipinski definition) is 2. The van der Waals surface area contributed by atoms with Gasteiger partial charge in [-0.05, 0) is 29.2 Å². The van der Waals surface area contributed by atoms with Crippen LogP contribution >= 0.6 is 0 Å². The van der Waals surface area contributed by atoms with Gasteiger partial charge in [-0.2, -0.15) is 0 Å². The van der Waals surface area contributed by atoms with E-state index >= 15 is 0 Å². The minimum absolute atomic E-state index is 0.214. The van der Waals surface area contributed by atoms with Crippen molar-refractivity contribution in [2.75, 3.05) is 0 Å². The standard InChI is InChI=1S/C22H16O3/c1-14(15-7-3-2-4-8-15)13-16-11-12-18-17-9-5-6-10-19(17)25-21(18)20(16)22(23)24/h2-12H,1,13H2,(H,23,24). The summed E-state index contributed by atoms with van der Waals surface area (Å²) in [5, 5.41) is 11.5. The van der Waals surface area contributed by atoms with Crippen LogP contribution in [0.25, 0.3) is 27.5 Å². The van der Waals surface area contributed by atoms with Crippen molar-refractivity contribution in [1.29, 1.82) is 0 Å². The Labute approximate surface area is 144 Å². The molecule has 0 aliphatic heterocycles. The second kappa shape index (κ2) is 5.95. The van der Waals surface area contributed by atoms with Gasteiger partial charge in [0.2, 0.25) is 0 Å². The Hall–Kier alpha value is -3.33. The zero-order chi connectivity index (χ0) is 17.4. The molecule has 0 amide bonds. The number of benzene rings is 3. The number of carboxylic acid groups (broad SMARTS) is 1. The smallest absolute Gasteiger partial charge is 0.339 e. The summed E-state index contributed by atoms with van der Waals surface area (Å²) in [4.78, 5) is 11.9. The molecule has 0 saturated heterocycles. The maximum Gasteiger partial charge on any atom is 0.339 e. The lowest BCUT2D eigenvalue weighted by Crippen LogP contribution is -2.04. The number of fused-ring (bicyclic) bond motifs is 3. The lowest BCUT2D eigenvalue weighted by atomic mass is 9.94. The van der Waals surface area contributed by atoms with Gasteiger partial charge in [-0.3, -0.25) is 0 Å². The lowest BCUT2D eigenvalue weighted by Gasteiger charge is -2.09. The van der Waals surface area contributed by atoms with E-state index in [1.54, 1.807) is 0 Å². The molecule has 0 radical (unpaired) electrons. The Morgan fingerprint density at radius 1 is 0.920 bits per heavy atom. The molecule has 122 valence electrons. The number of hydrogen-bond donors (Lipinski definition) is 1. The highest BCUT2D eigenvalue weighted by Gasteiger charge is 2.20. The minimum Gasteiger partial charge on any atom is -0.478 e. The molecule has 3 heteroatoms. The van der Waals surface area contributed by atoms with E-state index in [9.17, 15) is 9.90 Å². The van der Waals surface area contributed by atoms with E-state index in [0.29, 0.717) is 23.2 Å². The Morgan fingerprint density at radius 3 is 2.40 bits per heavy atom. The number of carbonyl (C=O) groups is 1. The van der Waals surface area contributed by atoms with Crippen LogP contribution in [0.3, 0.4) is 0 Å². The van der Waals surface area contributed by atoms with Gasteiger partial charge in [0.25, 0.3) is 0 Å². The van der Waals surface area contributed by atoms with Gasteiger partial charge in [-0.1, -0.05) is 67.2 Å². The minimum atomic E-state index is -0.986. The van der Waals surface area contributed by atoms with Gasteiger partial charge in [0.05, 0.1) is 0 Å². The maximum absolute atomic E-state index is 11.9. The van der Waals surface area contributed by atoms with E-state index < -0.39 is 5.97 Å². The maximum atomic E-state index is 11.9. The topological polar surface area (TPSA) is 50.4 Å². The Kier molecular flexibility index (Phi) is 3.62. The Morgan fingerprint density at radius 2 is 1.64 bits per heavy atom. The van der Waals surface area contributed by atoms with Gasteiger partial charge in [0.1, 0.15) is 16.7 Å². The van der Waals surface area contributed by atoms with Crippen molar-refractivity contribution < 1.29 is 14.3 Å². The van der Waals surface area contributed by atoms with E-state index in [2.05, 4.69) is 6.58 Å². The van der Waals surface area contributed by atoms with Gasteiger partial charge < -0.3 is 9.52 Å². The number of furan rings is 1. The lowest BCUT2D eigenvalue weighted by molar-refractivity contribution is 0.0697. The highest BCUT2D eigenvalue weighted by molar-refractivity contribution is 6.12. The predicted octanol–water partition coefficient (Wildman–Crippen LogP) is 5.54. The van der Waals surface area contributed by atoms with E-state index in [1.165, 1.54) is 0 Å². The molecule has 0 spiro atoms. The Balaban J connectivity index is 1.86. The first-order valence-electron chi connectivity index (χ1n) is 8.05. The fraction of sp³-hybridized carbons (Fsp3) is 0.0455. The molecule has 25 heavy (non-hydrogen) atoms. The van der Waals surface area contributed by atoms with Crippen molar-refractivity contribution in [3.8, 4) is 0 Å². The summed E-state index contributed by atoms with van der Waals surface area (Å²) in [6, 6.07) is 21.2. The van der Waals surface area contributed by atoms with Crippen molar-refractivity contribution in [3.63, 3.8) is 0 Å². The molecule has 3 nitrogen and oxygen atoms in total. The van der Waals surface area contributed by atoms with E-state index in [-0.39, 0.29) is 5.56 Å². The van der Waals surface area contributed by atoms with Crippen LogP contribution in [-0.2, 0) is 6.42 Å². The summed E-state index contributed by atoms with van der Waals surface area (Å²) in [5.74, 6) is -0.986. The normalized spacial score (nSPS) is 11.0. The quantitative estimate of drug-likeness (QED) is 0.535. The van der Waals surface area contributed by atoms with Gasteiger partial charge >= 0.3 is 5.97 Å². The number of carboxylic acids is 1. The van der Waals surface area contributed by atoms with Crippen molar-refractivity contribution in [2.45, 2.75) is 6.42 Å². The number of para-hydroxylation sites is 1. The second-order valence-electron chi connectivity index (χ2n) is 6.03. The Bertz CT molecular complexity index is 1100. The SMILES string of the molecule is C=C(Cc1ccc2c(oc3ccccc32)c1C(=O)O)c1ccccc1. The van der Waals surface area contributed by atoms with Crippen LogP contribution in [0.15, 0.2) is 77.7 Å². The third-order valence-corrected chi connectivity index (χ3v) is 4.43. The number of rotatable bonds is 4. The van der Waals surface area contributed by atoms with Gasteiger partial charge in [0, 0.05) is 10.8 Å². The molecular weight excluding hydrogens is 312 g/mol. The average Bonchev–Trinajstić information content (AvgIpc) is 3.00. The van der Waals surface area contributed by atoms with Crippen molar-refractivity contribution in [2.24, 2.45) is 0 Å². The molecule has 0 aliphatic rings. The molecule has 4 aromatic rings. The van der Waals surface area contributed by atoms with Crippen molar-refractivity contribution in [3.05, 3.63) is 90.0 Å². The molecule has 0 atom stereocenters. The van der Waals surface area contributed by atoms with E-state index in [0.717, 1.165) is 21.9 Å². The molecule has 0 saturated carbocycles. The number of aromatic carboxylic acids is 1. The first kappa shape index (κ1) is 15.2. The molecule has 0 bridgehead atoms. The molecule has 3 aromatic carbocycles. The summed E-state index contributed by atoms with van der Waals surface area (Å²) in [6.07, 6.45) is 0.457. The van der Waals surface area contributed by atoms with Gasteiger partial charge in [-0.25, -0.2) is 4.79 Å². The summed E-state index contributed by atoms with van der Waals surface area (Å²) < 4.78 is 5.86. The van der Waals surface area contributed by atoms with Crippen molar-refractivity contribution in [1.82, 2.24) is 0 Å². The summed E-state index contributed by atoms with van der Waals surface area (Å²) in [6.45, 7) is 4.12. The molecule has 1 N–H and O–H groups in total. The molecule has 0 fully saturated rings. The highest BCUT2D eigenvalue weighted by atomic mass is 16.4.